The second-order valence-corrected chi connectivity index (χ2v) is 8.61. The predicted octanol–water partition coefficient (Wildman–Crippen LogP) is 3.84. The van der Waals surface area contributed by atoms with E-state index in [1.165, 1.54) is 12.4 Å². The number of nitrogens with zero attached hydrogens (tertiary/aromatic N) is 1. The van der Waals surface area contributed by atoms with E-state index >= 15 is 0 Å². The molecular formula is C29H19N3O5. The number of rotatable bonds is 5. The fraction of sp³-hybridized carbons (Fsp3) is 0.0345. The molecule has 8 nitrogen and oxygen atoms in total. The molecule has 0 aliphatic rings. The fourth-order valence-electron chi connectivity index (χ4n) is 4.47. The Morgan fingerprint density at radius 2 is 1.08 bits per heavy atom. The molecule has 2 N–H and O–H groups in total. The van der Waals surface area contributed by atoms with Crippen LogP contribution < -0.4 is 26.7 Å². The molecule has 6 rings (SSSR count). The number of ether oxygens (including phenoxy) is 1. The summed E-state index contributed by atoms with van der Waals surface area (Å²) in [6, 6.07) is 24.6. The van der Waals surface area contributed by atoms with Gasteiger partial charge in [-0.05, 0) is 41.0 Å². The summed E-state index contributed by atoms with van der Waals surface area (Å²) < 4.78 is 6.78. The third kappa shape index (κ3) is 3.81. The van der Waals surface area contributed by atoms with E-state index in [2.05, 4.69) is 9.97 Å². The number of benzene rings is 4. The number of hydrogen-bond acceptors (Lipinski definition) is 5. The highest BCUT2D eigenvalue weighted by Crippen LogP contribution is 2.26. The van der Waals surface area contributed by atoms with Gasteiger partial charge in [-0.15, -0.1) is 0 Å². The number of nitrogens with one attached hydrogen (secondary N) is 2. The average Bonchev–Trinajstić information content (AvgIpc) is 3.18. The Labute approximate surface area is 208 Å². The van der Waals surface area contributed by atoms with Gasteiger partial charge in [0.05, 0.1) is 6.54 Å². The van der Waals surface area contributed by atoms with Crippen molar-refractivity contribution >= 4 is 21.8 Å². The van der Waals surface area contributed by atoms with Gasteiger partial charge in [-0.3, -0.25) is 23.7 Å². The molecular weight excluding hydrogens is 470 g/mol. The minimum atomic E-state index is -0.765. The van der Waals surface area contributed by atoms with E-state index in [0.29, 0.717) is 5.56 Å². The molecule has 0 saturated heterocycles. The van der Waals surface area contributed by atoms with Gasteiger partial charge in [-0.2, -0.15) is 0 Å². The molecule has 0 aliphatic carbocycles. The zero-order valence-corrected chi connectivity index (χ0v) is 19.4. The summed E-state index contributed by atoms with van der Waals surface area (Å²) in [7, 11) is 0. The quantitative estimate of drug-likeness (QED) is 0.382. The molecule has 0 bridgehead atoms. The van der Waals surface area contributed by atoms with Crippen LogP contribution in [0.25, 0.3) is 32.9 Å². The van der Waals surface area contributed by atoms with Gasteiger partial charge in [-0.1, -0.05) is 54.6 Å². The van der Waals surface area contributed by atoms with E-state index in [0.717, 1.165) is 27.2 Å². The van der Waals surface area contributed by atoms with Gasteiger partial charge in [0, 0.05) is 12.4 Å². The Kier molecular flexibility index (Phi) is 5.27. The summed E-state index contributed by atoms with van der Waals surface area (Å²) in [6.45, 7) is -0.0564. The lowest BCUT2D eigenvalue weighted by molar-refractivity contribution is 0.483. The smallest absolute Gasteiger partial charge is 0.266 e. The first kappa shape index (κ1) is 22.2. The second kappa shape index (κ2) is 8.76. The van der Waals surface area contributed by atoms with Crippen LogP contribution in [-0.4, -0.2) is 14.5 Å². The van der Waals surface area contributed by atoms with Crippen LogP contribution in [0.2, 0.25) is 0 Å². The predicted molar refractivity (Wildman–Crippen MR) is 142 cm³/mol. The Morgan fingerprint density at radius 1 is 0.595 bits per heavy atom. The van der Waals surface area contributed by atoms with Crippen molar-refractivity contribution in [1.29, 1.82) is 0 Å². The molecule has 0 radical (unpaired) electrons. The molecule has 0 fully saturated rings. The lowest BCUT2D eigenvalue weighted by Crippen LogP contribution is -2.27. The molecule has 4 aromatic carbocycles. The summed E-state index contributed by atoms with van der Waals surface area (Å²) >= 11 is 0. The number of aromatic nitrogens is 3. The molecule has 0 spiro atoms. The molecule has 0 aliphatic heterocycles. The van der Waals surface area contributed by atoms with E-state index < -0.39 is 22.0 Å². The number of fused-ring (bicyclic) bond motifs is 2. The summed E-state index contributed by atoms with van der Waals surface area (Å²) in [5.74, 6) is 1.47. The third-order valence-corrected chi connectivity index (χ3v) is 6.33. The van der Waals surface area contributed by atoms with E-state index in [9.17, 15) is 19.2 Å². The van der Waals surface area contributed by atoms with Crippen LogP contribution >= 0.6 is 0 Å². The van der Waals surface area contributed by atoms with Gasteiger partial charge in [0.25, 0.3) is 11.1 Å². The van der Waals surface area contributed by atoms with E-state index in [1.54, 1.807) is 0 Å². The maximum atomic E-state index is 13.0. The number of aromatic amines is 2. The highest BCUT2D eigenvalue weighted by atomic mass is 16.5. The van der Waals surface area contributed by atoms with Crippen LogP contribution in [0.4, 0.5) is 0 Å². The van der Waals surface area contributed by atoms with Gasteiger partial charge in [0.2, 0.25) is 10.9 Å². The van der Waals surface area contributed by atoms with Gasteiger partial charge < -0.3 is 14.7 Å². The lowest BCUT2D eigenvalue weighted by atomic mass is 10.0. The normalized spacial score (nSPS) is 11.2. The molecule has 0 saturated carbocycles. The standard InChI is InChI=1S/C29H19N3O5/c33-26-22-23(27(34)25-24(26)30-14-15-31-25)29(36)32(28(22)35)16-17-6-8-18(9-7-17)19-10-12-21(13-11-19)37-20-4-2-1-3-5-20/h1-15,30-31H,16H2. The van der Waals surface area contributed by atoms with Crippen LogP contribution in [0.15, 0.2) is 110 Å². The van der Waals surface area contributed by atoms with E-state index in [1.807, 2.05) is 78.9 Å². The lowest BCUT2D eigenvalue weighted by Gasteiger charge is -2.08. The first-order chi connectivity index (χ1) is 18.0. The van der Waals surface area contributed by atoms with Crippen molar-refractivity contribution in [2.24, 2.45) is 0 Å². The SMILES string of the molecule is O=c1c2[nH]cc[nH]c2c(=O)c2c(=O)n(Cc3ccc(-c4ccc(Oc5ccccc5)cc4)cc3)c(=O)c12. The van der Waals surface area contributed by atoms with E-state index in [4.69, 9.17) is 4.74 Å². The zero-order chi connectivity index (χ0) is 25.5. The zero-order valence-electron chi connectivity index (χ0n) is 19.4. The Hall–Kier alpha value is -5.24. The van der Waals surface area contributed by atoms with Crippen molar-refractivity contribution in [3.8, 4) is 22.6 Å². The Morgan fingerprint density at radius 3 is 1.62 bits per heavy atom. The molecule has 8 heteroatoms. The molecule has 0 unspecified atom stereocenters. The average molecular weight is 489 g/mol. The minimum Gasteiger partial charge on any atom is -0.457 e. The topological polar surface area (TPSA) is 114 Å². The van der Waals surface area contributed by atoms with Crippen molar-refractivity contribution in [3.05, 3.63) is 138 Å². The molecule has 6 aromatic rings. The van der Waals surface area contributed by atoms with Crippen molar-refractivity contribution in [2.75, 3.05) is 0 Å². The molecule has 2 heterocycles. The highest BCUT2D eigenvalue weighted by molar-refractivity contribution is 5.94. The van der Waals surface area contributed by atoms with Crippen LogP contribution in [0.3, 0.4) is 0 Å². The van der Waals surface area contributed by atoms with Gasteiger partial charge in [0.1, 0.15) is 33.3 Å². The first-order valence-corrected chi connectivity index (χ1v) is 11.6. The summed E-state index contributed by atoms with van der Waals surface area (Å²) in [4.78, 5) is 57.1. The maximum absolute atomic E-state index is 13.0. The van der Waals surface area contributed by atoms with Gasteiger partial charge >= 0.3 is 0 Å². The van der Waals surface area contributed by atoms with Crippen LogP contribution in [0, 0.1) is 0 Å². The Balaban J connectivity index is 1.30. The van der Waals surface area contributed by atoms with Crippen molar-refractivity contribution in [1.82, 2.24) is 14.5 Å². The van der Waals surface area contributed by atoms with Gasteiger partial charge in [0.15, 0.2) is 0 Å². The largest absolute Gasteiger partial charge is 0.457 e. The second-order valence-electron chi connectivity index (χ2n) is 8.61. The highest BCUT2D eigenvalue weighted by Gasteiger charge is 2.22. The van der Waals surface area contributed by atoms with Gasteiger partial charge in [-0.25, -0.2) is 0 Å². The Bertz CT molecular complexity index is 1910. The van der Waals surface area contributed by atoms with E-state index in [-0.39, 0.29) is 28.4 Å². The van der Waals surface area contributed by atoms with Crippen LogP contribution in [-0.2, 0) is 6.54 Å². The molecule has 0 atom stereocenters. The van der Waals surface area contributed by atoms with Crippen molar-refractivity contribution in [2.45, 2.75) is 6.54 Å². The summed E-state index contributed by atoms with van der Waals surface area (Å²) in [5.41, 5.74) is -0.326. The first-order valence-electron chi connectivity index (χ1n) is 11.6. The molecule has 180 valence electrons. The number of H-pyrrole nitrogens is 2. The number of hydrogen-bond donors (Lipinski definition) is 2. The van der Waals surface area contributed by atoms with Crippen molar-refractivity contribution in [3.63, 3.8) is 0 Å². The van der Waals surface area contributed by atoms with Crippen LogP contribution in [0.5, 0.6) is 11.5 Å². The van der Waals surface area contributed by atoms with Crippen molar-refractivity contribution < 1.29 is 4.74 Å². The fourth-order valence-corrected chi connectivity index (χ4v) is 4.47. The minimum absolute atomic E-state index is 0.0289. The third-order valence-electron chi connectivity index (χ3n) is 6.33. The maximum Gasteiger partial charge on any atom is 0.266 e. The molecule has 37 heavy (non-hydrogen) atoms. The molecule has 0 amide bonds. The number of para-hydroxylation sites is 1. The monoisotopic (exact) mass is 489 g/mol. The molecule has 2 aromatic heterocycles. The summed E-state index contributed by atoms with van der Waals surface area (Å²) in [5, 5.41) is -0.763. The summed E-state index contributed by atoms with van der Waals surface area (Å²) in [6.07, 6.45) is 2.89. The van der Waals surface area contributed by atoms with Crippen LogP contribution in [0.1, 0.15) is 5.56 Å².